The van der Waals surface area contributed by atoms with E-state index >= 15 is 0 Å². The summed E-state index contributed by atoms with van der Waals surface area (Å²) < 4.78 is 27.1. The Morgan fingerprint density at radius 1 is 1.37 bits per heavy atom. The van der Waals surface area contributed by atoms with Crippen molar-refractivity contribution >= 4 is 15.8 Å². The van der Waals surface area contributed by atoms with Gasteiger partial charge in [0.15, 0.2) is 0 Å². The minimum Gasteiger partial charge on any atom is -0.299 e. The fourth-order valence-corrected chi connectivity index (χ4v) is 5.79. The first-order valence-corrected chi connectivity index (χ1v) is 8.76. The summed E-state index contributed by atoms with van der Waals surface area (Å²) in [6.07, 6.45) is 2.28. The van der Waals surface area contributed by atoms with Crippen LogP contribution in [0.2, 0.25) is 0 Å². The summed E-state index contributed by atoms with van der Waals surface area (Å²) in [6, 6.07) is 0. The highest BCUT2D eigenvalue weighted by Gasteiger charge is 2.65. The molecule has 2 atom stereocenters. The first-order valence-electron chi connectivity index (χ1n) is 7.11. The molecule has 0 aromatic rings. The fourth-order valence-electron chi connectivity index (χ4n) is 3.78. The van der Waals surface area contributed by atoms with Crippen molar-refractivity contribution in [2.24, 2.45) is 22.7 Å². The Balaban J connectivity index is 2.20. The molecule has 0 aromatic heterocycles. The van der Waals surface area contributed by atoms with Crippen molar-refractivity contribution in [2.45, 2.75) is 47.0 Å². The van der Waals surface area contributed by atoms with Gasteiger partial charge in [-0.15, -0.1) is 0 Å². The largest absolute Gasteiger partial charge is 0.299 e. The number of nitrogens with one attached hydrogen (secondary N) is 1. The Hall–Kier alpha value is -0.420. The molecule has 2 bridgehead atoms. The molecule has 0 spiro atoms. The van der Waals surface area contributed by atoms with Crippen LogP contribution < -0.4 is 4.72 Å². The van der Waals surface area contributed by atoms with Gasteiger partial charge in [0.05, 0.1) is 5.75 Å². The smallest absolute Gasteiger partial charge is 0.212 e. The second-order valence-electron chi connectivity index (χ2n) is 7.17. The number of Topliss-reactive ketones (excluding diaryl/α,β-unsaturated/α-hetero) is 1. The van der Waals surface area contributed by atoms with Gasteiger partial charge in [0.25, 0.3) is 0 Å². The van der Waals surface area contributed by atoms with Crippen LogP contribution in [0.1, 0.15) is 47.0 Å². The van der Waals surface area contributed by atoms with Gasteiger partial charge in [-0.1, -0.05) is 27.7 Å². The van der Waals surface area contributed by atoms with Gasteiger partial charge in [0.2, 0.25) is 10.0 Å². The van der Waals surface area contributed by atoms with Gasteiger partial charge < -0.3 is 0 Å². The van der Waals surface area contributed by atoms with Crippen LogP contribution in [0.4, 0.5) is 0 Å². The Kier molecular flexibility index (Phi) is 3.59. The molecule has 1 N–H and O–H groups in total. The van der Waals surface area contributed by atoms with Gasteiger partial charge in [-0.3, -0.25) is 4.79 Å². The molecule has 0 aromatic carbocycles. The van der Waals surface area contributed by atoms with Gasteiger partial charge in [0, 0.05) is 18.4 Å². The van der Waals surface area contributed by atoms with E-state index in [2.05, 4.69) is 18.6 Å². The summed E-state index contributed by atoms with van der Waals surface area (Å²) in [5.74, 6) is 0.759. The average molecular weight is 287 g/mol. The third-order valence-corrected chi connectivity index (χ3v) is 6.77. The number of carbonyl (C=O) groups is 1. The maximum atomic E-state index is 12.3. The van der Waals surface area contributed by atoms with Crippen molar-refractivity contribution in [3.63, 3.8) is 0 Å². The standard InChI is InChI=1S/C14H25NO3S/c1-10(2)8-15-19(17,18)9-14-6-5-11(7-12(14)16)13(14,3)4/h10-11,15H,5-9H2,1-4H3/t11-,14-/m0/s1. The number of fused-ring (bicyclic) bond motifs is 2. The van der Waals surface area contributed by atoms with Crippen molar-refractivity contribution < 1.29 is 13.2 Å². The Morgan fingerprint density at radius 3 is 2.42 bits per heavy atom. The molecule has 2 rings (SSSR count). The van der Waals surface area contributed by atoms with E-state index in [0.29, 0.717) is 18.9 Å². The minimum absolute atomic E-state index is 0.0327. The van der Waals surface area contributed by atoms with Gasteiger partial charge in [-0.2, -0.15) is 0 Å². The lowest BCUT2D eigenvalue weighted by Crippen LogP contribution is -2.45. The van der Waals surface area contributed by atoms with Gasteiger partial charge in [-0.05, 0) is 30.1 Å². The van der Waals surface area contributed by atoms with Gasteiger partial charge in [0.1, 0.15) is 5.78 Å². The summed E-state index contributed by atoms with van der Waals surface area (Å²) in [4.78, 5) is 12.3. The summed E-state index contributed by atoms with van der Waals surface area (Å²) in [5, 5.41) is 0. The molecule has 2 aliphatic rings. The van der Waals surface area contributed by atoms with E-state index < -0.39 is 15.4 Å². The van der Waals surface area contributed by atoms with Crippen LogP contribution in [-0.4, -0.2) is 26.5 Å². The number of hydrogen-bond acceptors (Lipinski definition) is 3. The molecule has 0 amide bonds. The highest BCUT2D eigenvalue weighted by atomic mass is 32.2. The lowest BCUT2D eigenvalue weighted by molar-refractivity contribution is -0.128. The highest BCUT2D eigenvalue weighted by Crippen LogP contribution is 2.64. The Morgan fingerprint density at radius 2 is 2.00 bits per heavy atom. The first-order chi connectivity index (χ1) is 8.61. The van der Waals surface area contributed by atoms with Crippen LogP contribution in [0.15, 0.2) is 0 Å². The van der Waals surface area contributed by atoms with Crippen molar-refractivity contribution in [1.29, 1.82) is 0 Å². The zero-order valence-corrected chi connectivity index (χ0v) is 13.1. The van der Waals surface area contributed by atoms with Gasteiger partial charge >= 0.3 is 0 Å². The topological polar surface area (TPSA) is 63.2 Å². The molecule has 2 aliphatic carbocycles. The third-order valence-electron chi connectivity index (χ3n) is 5.29. The maximum Gasteiger partial charge on any atom is 0.212 e. The van der Waals surface area contributed by atoms with E-state index in [9.17, 15) is 13.2 Å². The minimum atomic E-state index is -3.38. The second kappa shape index (κ2) is 4.55. The van der Waals surface area contributed by atoms with E-state index in [0.717, 1.165) is 12.8 Å². The summed E-state index contributed by atoms with van der Waals surface area (Å²) >= 11 is 0. The van der Waals surface area contributed by atoms with Gasteiger partial charge in [-0.25, -0.2) is 13.1 Å². The second-order valence-corrected chi connectivity index (χ2v) is 8.97. The number of sulfonamides is 1. The molecule has 0 saturated heterocycles. The molecule has 5 heteroatoms. The van der Waals surface area contributed by atoms with Crippen LogP contribution >= 0.6 is 0 Å². The first kappa shape index (κ1) is 15.0. The van der Waals surface area contributed by atoms with Crippen LogP contribution in [0.5, 0.6) is 0 Å². The van der Waals surface area contributed by atoms with Crippen LogP contribution in [-0.2, 0) is 14.8 Å². The normalized spacial score (nSPS) is 33.3. The van der Waals surface area contributed by atoms with Crippen LogP contribution in [0.3, 0.4) is 0 Å². The zero-order valence-electron chi connectivity index (χ0n) is 12.3. The van der Waals surface area contributed by atoms with Crippen molar-refractivity contribution in [1.82, 2.24) is 4.72 Å². The van der Waals surface area contributed by atoms with E-state index in [1.54, 1.807) is 0 Å². The Bertz CT molecular complexity index is 481. The zero-order chi connectivity index (χ0) is 14.5. The average Bonchev–Trinajstić information content (AvgIpc) is 2.60. The van der Waals surface area contributed by atoms with E-state index in [1.165, 1.54) is 0 Å². The molecule has 19 heavy (non-hydrogen) atoms. The molecule has 0 heterocycles. The quantitative estimate of drug-likeness (QED) is 0.840. The van der Waals surface area contributed by atoms with Crippen molar-refractivity contribution in [3.8, 4) is 0 Å². The molecular weight excluding hydrogens is 262 g/mol. The molecule has 4 nitrogen and oxygen atoms in total. The summed E-state index contributed by atoms with van der Waals surface area (Å²) in [7, 11) is -3.38. The predicted octanol–water partition coefficient (Wildman–Crippen LogP) is 1.96. The SMILES string of the molecule is CC(C)CNS(=O)(=O)C[C@@]12CC[C@@H](CC1=O)C2(C)C. The Labute approximate surface area is 116 Å². The lowest BCUT2D eigenvalue weighted by Gasteiger charge is -2.36. The lowest BCUT2D eigenvalue weighted by atomic mass is 9.70. The molecule has 110 valence electrons. The third kappa shape index (κ3) is 2.35. The molecule has 2 saturated carbocycles. The molecule has 0 aliphatic heterocycles. The monoisotopic (exact) mass is 287 g/mol. The molecular formula is C14H25NO3S. The number of hydrogen-bond donors (Lipinski definition) is 1. The van der Waals surface area contributed by atoms with Crippen LogP contribution in [0.25, 0.3) is 0 Å². The number of rotatable bonds is 5. The number of carbonyl (C=O) groups excluding carboxylic acids is 1. The predicted molar refractivity (Wildman–Crippen MR) is 75.2 cm³/mol. The molecule has 0 radical (unpaired) electrons. The van der Waals surface area contributed by atoms with Crippen molar-refractivity contribution in [2.75, 3.05) is 12.3 Å². The summed E-state index contributed by atoms with van der Waals surface area (Å²) in [5.41, 5.74) is -0.836. The van der Waals surface area contributed by atoms with Crippen LogP contribution in [0, 0.1) is 22.7 Å². The molecule has 2 fully saturated rings. The highest BCUT2D eigenvalue weighted by molar-refractivity contribution is 7.89. The number of ketones is 1. The molecule has 0 unspecified atom stereocenters. The van der Waals surface area contributed by atoms with E-state index in [1.807, 2.05) is 13.8 Å². The van der Waals surface area contributed by atoms with E-state index in [-0.39, 0.29) is 22.9 Å². The van der Waals surface area contributed by atoms with E-state index in [4.69, 9.17) is 0 Å². The maximum absolute atomic E-state index is 12.3. The summed E-state index contributed by atoms with van der Waals surface area (Å²) in [6.45, 7) is 8.51. The van der Waals surface area contributed by atoms with Crippen molar-refractivity contribution in [3.05, 3.63) is 0 Å². The fraction of sp³-hybridized carbons (Fsp3) is 0.929.